The van der Waals surface area contributed by atoms with Gasteiger partial charge < -0.3 is 4.52 Å². The second-order valence-electron chi connectivity index (χ2n) is 4.56. The van der Waals surface area contributed by atoms with Crippen LogP contribution in [0, 0.1) is 0 Å². The van der Waals surface area contributed by atoms with Crippen molar-refractivity contribution in [1.29, 1.82) is 0 Å². The van der Waals surface area contributed by atoms with E-state index in [4.69, 9.17) is 4.52 Å². The van der Waals surface area contributed by atoms with Crippen molar-refractivity contribution in [3.63, 3.8) is 0 Å². The maximum absolute atomic E-state index is 12.4. The summed E-state index contributed by atoms with van der Waals surface area (Å²) in [5, 5.41) is 5.89. The van der Waals surface area contributed by atoms with Crippen molar-refractivity contribution in [2.75, 3.05) is 0 Å². The standard InChI is InChI=1S/C15H14N2O2S2/c1-11(13-8-5-9-20-13)21(18)10-14-16-15(19-17-14)12-6-3-2-4-7-12/h2-9,11H,10H2,1H3/t11-,21-/m1/s1. The van der Waals surface area contributed by atoms with Crippen molar-refractivity contribution in [2.24, 2.45) is 0 Å². The number of nitrogens with zero attached hydrogens (tertiary/aromatic N) is 2. The second-order valence-corrected chi connectivity index (χ2v) is 7.30. The molecule has 6 heteroatoms. The van der Waals surface area contributed by atoms with Crippen molar-refractivity contribution in [2.45, 2.75) is 17.9 Å². The van der Waals surface area contributed by atoms with Crippen LogP contribution >= 0.6 is 11.3 Å². The predicted octanol–water partition coefficient (Wildman–Crippen LogP) is 3.81. The van der Waals surface area contributed by atoms with Crippen LogP contribution in [0.15, 0.2) is 52.4 Å². The Labute approximate surface area is 129 Å². The molecular weight excluding hydrogens is 304 g/mol. The molecule has 108 valence electrons. The van der Waals surface area contributed by atoms with Gasteiger partial charge in [-0.2, -0.15) is 4.98 Å². The van der Waals surface area contributed by atoms with Crippen molar-refractivity contribution in [3.05, 3.63) is 58.5 Å². The molecule has 1 aromatic carbocycles. The highest BCUT2D eigenvalue weighted by atomic mass is 32.2. The summed E-state index contributed by atoms with van der Waals surface area (Å²) in [6.45, 7) is 1.96. The molecule has 0 bridgehead atoms. The first-order valence-corrected chi connectivity index (χ1v) is 8.79. The zero-order valence-electron chi connectivity index (χ0n) is 11.4. The highest BCUT2D eigenvalue weighted by Gasteiger charge is 2.18. The van der Waals surface area contributed by atoms with Crippen LogP contribution in [0.3, 0.4) is 0 Å². The Balaban J connectivity index is 1.71. The lowest BCUT2D eigenvalue weighted by atomic mass is 10.2. The van der Waals surface area contributed by atoms with Crippen molar-refractivity contribution in [1.82, 2.24) is 10.1 Å². The lowest BCUT2D eigenvalue weighted by molar-refractivity contribution is 0.425. The Kier molecular flexibility index (Phi) is 4.26. The lowest BCUT2D eigenvalue weighted by Gasteiger charge is -2.06. The van der Waals surface area contributed by atoms with Crippen LogP contribution < -0.4 is 0 Å². The summed E-state index contributed by atoms with van der Waals surface area (Å²) in [5.74, 6) is 1.25. The van der Waals surface area contributed by atoms with E-state index >= 15 is 0 Å². The number of rotatable bonds is 5. The first-order chi connectivity index (χ1) is 10.2. The van der Waals surface area contributed by atoms with Crippen molar-refractivity contribution < 1.29 is 8.73 Å². The van der Waals surface area contributed by atoms with Crippen LogP contribution in [0.5, 0.6) is 0 Å². The van der Waals surface area contributed by atoms with Crippen molar-refractivity contribution >= 4 is 22.1 Å². The molecule has 0 aliphatic carbocycles. The second kappa shape index (κ2) is 6.32. The van der Waals surface area contributed by atoms with Gasteiger partial charge in [-0.25, -0.2) is 0 Å². The Morgan fingerprint density at radius 3 is 2.76 bits per heavy atom. The summed E-state index contributed by atoms with van der Waals surface area (Å²) < 4.78 is 17.6. The monoisotopic (exact) mass is 318 g/mol. The predicted molar refractivity (Wildman–Crippen MR) is 84.3 cm³/mol. The third-order valence-corrected chi connectivity index (χ3v) is 5.89. The number of benzene rings is 1. The molecule has 3 aromatic rings. The molecule has 0 aliphatic rings. The third-order valence-electron chi connectivity index (χ3n) is 3.10. The summed E-state index contributed by atoms with van der Waals surface area (Å²) >= 11 is 1.61. The van der Waals surface area contributed by atoms with E-state index in [1.807, 2.05) is 54.8 Å². The molecule has 0 N–H and O–H groups in total. The van der Waals surface area contributed by atoms with Gasteiger partial charge in [0.05, 0.1) is 11.0 Å². The number of hydrogen-bond acceptors (Lipinski definition) is 5. The third kappa shape index (κ3) is 3.28. The number of hydrogen-bond donors (Lipinski definition) is 0. The van der Waals surface area contributed by atoms with E-state index in [2.05, 4.69) is 10.1 Å². The van der Waals surface area contributed by atoms with Crippen LogP contribution in [0.2, 0.25) is 0 Å². The first-order valence-electron chi connectivity index (χ1n) is 6.52. The van der Waals surface area contributed by atoms with E-state index in [-0.39, 0.29) is 5.25 Å². The molecule has 4 nitrogen and oxygen atoms in total. The Morgan fingerprint density at radius 2 is 2.05 bits per heavy atom. The topological polar surface area (TPSA) is 56.0 Å². The molecule has 0 aliphatic heterocycles. The summed E-state index contributed by atoms with van der Waals surface area (Å²) in [4.78, 5) is 5.43. The van der Waals surface area contributed by atoms with E-state index in [1.54, 1.807) is 11.3 Å². The lowest BCUT2D eigenvalue weighted by Crippen LogP contribution is -2.05. The van der Waals surface area contributed by atoms with Gasteiger partial charge in [0.2, 0.25) is 0 Å². The minimum Gasteiger partial charge on any atom is -0.334 e. The average molecular weight is 318 g/mol. The molecule has 0 fully saturated rings. The van der Waals surface area contributed by atoms with E-state index in [0.717, 1.165) is 10.4 Å². The zero-order valence-corrected chi connectivity index (χ0v) is 13.1. The van der Waals surface area contributed by atoms with E-state index < -0.39 is 10.8 Å². The fourth-order valence-corrected chi connectivity index (χ4v) is 4.03. The molecule has 0 saturated carbocycles. The molecule has 2 heterocycles. The molecule has 0 unspecified atom stereocenters. The Morgan fingerprint density at radius 1 is 1.24 bits per heavy atom. The largest absolute Gasteiger partial charge is 0.334 e. The smallest absolute Gasteiger partial charge is 0.257 e. The van der Waals surface area contributed by atoms with Crippen LogP contribution in [0.25, 0.3) is 11.5 Å². The minimum absolute atomic E-state index is 0.0244. The summed E-state index contributed by atoms with van der Waals surface area (Å²) in [6, 6.07) is 13.5. The summed E-state index contributed by atoms with van der Waals surface area (Å²) in [7, 11) is -1.06. The fourth-order valence-electron chi connectivity index (χ4n) is 1.91. The SMILES string of the molecule is C[C@H](c1cccs1)[S@](=O)Cc1noc(-c2ccccc2)n1. The molecule has 0 radical (unpaired) electrons. The maximum atomic E-state index is 12.4. The van der Waals surface area contributed by atoms with Gasteiger partial charge in [-0.15, -0.1) is 11.3 Å². The van der Waals surface area contributed by atoms with Gasteiger partial charge in [-0.05, 0) is 30.5 Å². The highest BCUT2D eigenvalue weighted by Crippen LogP contribution is 2.26. The van der Waals surface area contributed by atoms with Gasteiger partial charge in [-0.1, -0.05) is 29.4 Å². The highest BCUT2D eigenvalue weighted by molar-refractivity contribution is 7.84. The van der Waals surface area contributed by atoms with E-state index in [1.165, 1.54) is 0 Å². The summed E-state index contributed by atoms with van der Waals surface area (Å²) in [5.41, 5.74) is 0.869. The van der Waals surface area contributed by atoms with E-state index in [0.29, 0.717) is 17.5 Å². The zero-order chi connectivity index (χ0) is 14.7. The van der Waals surface area contributed by atoms with Gasteiger partial charge in [0, 0.05) is 21.2 Å². The average Bonchev–Trinajstić information content (AvgIpc) is 3.19. The first kappa shape index (κ1) is 14.2. The molecule has 2 aromatic heterocycles. The van der Waals surface area contributed by atoms with Crippen LogP contribution in [-0.4, -0.2) is 14.3 Å². The molecular formula is C15H14N2O2S2. The van der Waals surface area contributed by atoms with Gasteiger partial charge in [-0.3, -0.25) is 4.21 Å². The maximum Gasteiger partial charge on any atom is 0.257 e. The normalized spacial score (nSPS) is 14.0. The molecule has 0 amide bonds. The van der Waals surface area contributed by atoms with Crippen LogP contribution in [0.4, 0.5) is 0 Å². The van der Waals surface area contributed by atoms with Gasteiger partial charge in [0.25, 0.3) is 5.89 Å². The molecule has 21 heavy (non-hydrogen) atoms. The number of thiophene rings is 1. The molecule has 0 spiro atoms. The molecule has 2 atom stereocenters. The number of aromatic nitrogens is 2. The fraction of sp³-hybridized carbons (Fsp3) is 0.200. The van der Waals surface area contributed by atoms with Gasteiger partial charge in [0.1, 0.15) is 0 Å². The van der Waals surface area contributed by atoms with Crippen molar-refractivity contribution in [3.8, 4) is 11.5 Å². The quantitative estimate of drug-likeness (QED) is 0.718. The van der Waals surface area contributed by atoms with Crippen LogP contribution in [0.1, 0.15) is 22.9 Å². The Hall–Kier alpha value is -1.79. The van der Waals surface area contributed by atoms with Gasteiger partial charge >= 0.3 is 0 Å². The molecule has 3 rings (SSSR count). The molecule has 0 saturated heterocycles. The Bertz CT molecular complexity index is 723. The van der Waals surface area contributed by atoms with Crippen LogP contribution in [-0.2, 0) is 16.6 Å². The van der Waals surface area contributed by atoms with E-state index in [9.17, 15) is 4.21 Å². The van der Waals surface area contributed by atoms with Gasteiger partial charge in [0.15, 0.2) is 5.82 Å². The summed E-state index contributed by atoms with van der Waals surface area (Å²) in [6.07, 6.45) is 0. The minimum atomic E-state index is -1.06.